The number of nitrogens with one attached hydrogen (secondary N) is 1. The Labute approximate surface area is 107 Å². The number of thiol groups is 2. The van der Waals surface area contributed by atoms with Gasteiger partial charge in [-0.3, -0.25) is 9.59 Å². The molecule has 7 heteroatoms. The third kappa shape index (κ3) is 45.9. The standard InChI is InChI=1S/C4H9NOS.CH3NOS.Na.H/c1-3(2)5-4(6)7;2-1(3)4;;/h3H,1-2H3,(H2,5,6,7);(H3,2,3,4);;/q;;+1;-1. The fraction of sp³-hybridized carbons (Fsp3) is 0.600. The molecule has 0 atom stereocenters. The molecule has 0 saturated heterocycles. The zero-order valence-electron chi connectivity index (χ0n) is 8.37. The Morgan fingerprint density at radius 1 is 1.42 bits per heavy atom. The minimum atomic E-state index is -0.639. The van der Waals surface area contributed by atoms with Crippen molar-refractivity contribution in [1.29, 1.82) is 0 Å². The minimum Gasteiger partial charge on any atom is -1.00 e. The SMILES string of the molecule is CC(C)NC(=O)S.NC(=O)S.[H-].[Na+]. The van der Waals surface area contributed by atoms with Crippen molar-refractivity contribution in [2.24, 2.45) is 5.73 Å². The van der Waals surface area contributed by atoms with Crippen molar-refractivity contribution in [3.05, 3.63) is 0 Å². The third-order valence-corrected chi connectivity index (χ3v) is 0.541. The van der Waals surface area contributed by atoms with E-state index in [0.717, 1.165) is 0 Å². The monoisotopic (exact) mass is 220 g/mol. The molecular weight excluding hydrogens is 207 g/mol. The normalized spacial score (nSPS) is 7.42. The van der Waals surface area contributed by atoms with E-state index in [1.807, 2.05) is 13.8 Å². The van der Waals surface area contributed by atoms with Gasteiger partial charge in [-0.1, -0.05) is 25.3 Å². The van der Waals surface area contributed by atoms with E-state index in [4.69, 9.17) is 4.79 Å². The Hall–Kier alpha value is 0.640. The van der Waals surface area contributed by atoms with Crippen LogP contribution < -0.4 is 40.6 Å². The predicted octanol–water partition coefficient (Wildman–Crippen LogP) is -1.85. The van der Waals surface area contributed by atoms with Crippen LogP contribution in [0.1, 0.15) is 15.3 Å². The van der Waals surface area contributed by atoms with Crippen molar-refractivity contribution in [3.63, 3.8) is 0 Å². The summed E-state index contributed by atoms with van der Waals surface area (Å²) in [5, 5.41) is 1.62. The number of amides is 2. The van der Waals surface area contributed by atoms with Gasteiger partial charge in [0.2, 0.25) is 0 Å². The maximum atomic E-state index is 10.0. The molecule has 0 aliphatic carbocycles. The molecule has 68 valence electrons. The molecule has 2 amide bonds. The molecule has 0 aromatic carbocycles. The largest absolute Gasteiger partial charge is 1.00 e. The van der Waals surface area contributed by atoms with Gasteiger partial charge < -0.3 is 12.5 Å². The van der Waals surface area contributed by atoms with Crippen molar-refractivity contribution in [2.45, 2.75) is 19.9 Å². The fourth-order valence-corrected chi connectivity index (χ4v) is 0.505. The zero-order chi connectivity index (χ0) is 9.44. The van der Waals surface area contributed by atoms with Crippen LogP contribution in [0.5, 0.6) is 0 Å². The second-order valence-electron chi connectivity index (χ2n) is 1.94. The first-order valence-electron chi connectivity index (χ1n) is 2.84. The number of hydrogen-bond acceptors (Lipinski definition) is 2. The predicted molar refractivity (Wildman–Crippen MR) is 52.3 cm³/mol. The average molecular weight is 220 g/mol. The molecule has 0 aromatic rings. The maximum Gasteiger partial charge on any atom is 1.00 e. The van der Waals surface area contributed by atoms with Gasteiger partial charge in [0.15, 0.2) is 0 Å². The van der Waals surface area contributed by atoms with Gasteiger partial charge in [-0.25, -0.2) is 0 Å². The summed E-state index contributed by atoms with van der Waals surface area (Å²) in [6.45, 7) is 3.77. The number of nitrogens with two attached hydrogens (primary N) is 1. The summed E-state index contributed by atoms with van der Waals surface area (Å²) in [5.74, 6) is 0. The third-order valence-electron chi connectivity index (χ3n) is 0.412. The number of hydrogen-bond donors (Lipinski definition) is 4. The van der Waals surface area contributed by atoms with Gasteiger partial charge in [0.05, 0.1) is 0 Å². The van der Waals surface area contributed by atoms with E-state index < -0.39 is 5.24 Å². The van der Waals surface area contributed by atoms with E-state index >= 15 is 0 Å². The van der Waals surface area contributed by atoms with Crippen molar-refractivity contribution < 1.29 is 40.6 Å². The Morgan fingerprint density at radius 2 is 1.67 bits per heavy atom. The van der Waals surface area contributed by atoms with E-state index in [-0.39, 0.29) is 42.3 Å². The molecule has 0 unspecified atom stereocenters. The summed E-state index contributed by atoms with van der Waals surface area (Å²) < 4.78 is 0. The summed E-state index contributed by atoms with van der Waals surface area (Å²) in [6, 6.07) is 0.199. The van der Waals surface area contributed by atoms with Crippen LogP contribution in [-0.2, 0) is 0 Å². The molecule has 3 N–H and O–H groups in total. The molecule has 0 fully saturated rings. The van der Waals surface area contributed by atoms with E-state index in [0.29, 0.717) is 0 Å². The second-order valence-corrected chi connectivity index (χ2v) is 2.79. The number of carbonyl (C=O) groups is 2. The summed E-state index contributed by atoms with van der Waals surface area (Å²) >= 11 is 6.59. The second kappa shape index (κ2) is 11.6. The molecule has 0 aliphatic heterocycles. The maximum absolute atomic E-state index is 10.0. The van der Waals surface area contributed by atoms with E-state index in [2.05, 4.69) is 36.3 Å². The number of carbonyl (C=O) groups excluding carboxylic acids is 2. The molecule has 0 rings (SSSR count). The molecule has 0 aromatic heterocycles. The number of rotatable bonds is 1. The Bertz CT molecular complexity index is 144. The van der Waals surface area contributed by atoms with Crippen LogP contribution in [0.3, 0.4) is 0 Å². The van der Waals surface area contributed by atoms with Crippen molar-refractivity contribution in [1.82, 2.24) is 5.32 Å². The quantitative estimate of drug-likeness (QED) is 0.309. The van der Waals surface area contributed by atoms with Crippen molar-refractivity contribution in [3.8, 4) is 0 Å². The summed E-state index contributed by atoms with van der Waals surface area (Å²) in [6.07, 6.45) is 0. The first-order valence-corrected chi connectivity index (χ1v) is 3.73. The van der Waals surface area contributed by atoms with Crippen LogP contribution in [0.2, 0.25) is 0 Å². The smallest absolute Gasteiger partial charge is 1.00 e. The Kier molecular flexibility index (Phi) is 17.9. The topological polar surface area (TPSA) is 72.2 Å². The molecule has 0 spiro atoms. The van der Waals surface area contributed by atoms with Crippen LogP contribution >= 0.6 is 25.3 Å². The van der Waals surface area contributed by atoms with Gasteiger partial charge in [-0.2, -0.15) is 0 Å². The Morgan fingerprint density at radius 3 is 1.67 bits per heavy atom. The van der Waals surface area contributed by atoms with Crippen molar-refractivity contribution >= 4 is 35.7 Å². The molecule has 0 bridgehead atoms. The number of primary amides is 1. The molecule has 12 heavy (non-hydrogen) atoms. The average Bonchev–Trinajstić information content (AvgIpc) is 1.56. The summed E-state index contributed by atoms with van der Waals surface area (Å²) in [7, 11) is 0. The van der Waals surface area contributed by atoms with Gasteiger partial charge >= 0.3 is 29.6 Å². The van der Waals surface area contributed by atoms with Gasteiger partial charge in [0, 0.05) is 6.04 Å². The molecular formula is C5H13N2NaO2S2. The van der Waals surface area contributed by atoms with E-state index in [1.165, 1.54) is 0 Å². The van der Waals surface area contributed by atoms with Gasteiger partial charge in [0.1, 0.15) is 0 Å². The van der Waals surface area contributed by atoms with Gasteiger partial charge in [-0.05, 0) is 13.8 Å². The van der Waals surface area contributed by atoms with Gasteiger partial charge in [-0.15, -0.1) is 0 Å². The Balaban J connectivity index is -0.0000000600. The fourth-order valence-electron chi connectivity index (χ4n) is 0.247. The van der Waals surface area contributed by atoms with Crippen LogP contribution in [0.15, 0.2) is 0 Å². The van der Waals surface area contributed by atoms with Crippen LogP contribution in [-0.4, -0.2) is 16.5 Å². The van der Waals surface area contributed by atoms with Crippen LogP contribution in [0, 0.1) is 0 Å². The molecule has 0 heterocycles. The van der Waals surface area contributed by atoms with Crippen molar-refractivity contribution in [2.75, 3.05) is 0 Å². The van der Waals surface area contributed by atoms with Gasteiger partial charge in [0.25, 0.3) is 10.5 Å². The van der Waals surface area contributed by atoms with Crippen LogP contribution in [0.25, 0.3) is 0 Å². The molecule has 0 aliphatic rings. The molecule has 0 radical (unpaired) electrons. The van der Waals surface area contributed by atoms with Crippen LogP contribution in [0.4, 0.5) is 9.59 Å². The summed E-state index contributed by atoms with van der Waals surface area (Å²) in [5.41, 5.74) is 4.34. The minimum absolute atomic E-state index is 0. The van der Waals surface area contributed by atoms with E-state index in [9.17, 15) is 4.79 Å². The molecule has 0 saturated carbocycles. The summed E-state index contributed by atoms with van der Waals surface area (Å²) in [4.78, 5) is 19.1. The molecule has 4 nitrogen and oxygen atoms in total. The zero-order valence-corrected chi connectivity index (χ0v) is 11.2. The first-order chi connectivity index (χ1) is 4.86. The van der Waals surface area contributed by atoms with E-state index in [1.54, 1.807) is 0 Å². The first kappa shape index (κ1) is 18.4.